The van der Waals surface area contributed by atoms with Gasteiger partial charge in [0.15, 0.2) is 5.78 Å². The number of rotatable bonds is 8. The van der Waals surface area contributed by atoms with Crippen LogP contribution in [0, 0.1) is 0 Å². The summed E-state index contributed by atoms with van der Waals surface area (Å²) in [6, 6.07) is 13.8. The van der Waals surface area contributed by atoms with Crippen molar-refractivity contribution >= 4 is 34.8 Å². The van der Waals surface area contributed by atoms with Gasteiger partial charge in [0.2, 0.25) is 5.91 Å². The van der Waals surface area contributed by atoms with Crippen LogP contribution in [0.4, 0.5) is 16.2 Å². The van der Waals surface area contributed by atoms with Gasteiger partial charge in [0.25, 0.3) is 0 Å². The number of methoxy groups -OCH3 is 1. The van der Waals surface area contributed by atoms with Crippen molar-refractivity contribution in [2.24, 2.45) is 4.99 Å². The molecule has 3 amide bonds. The molecule has 9 nitrogen and oxygen atoms in total. The SMILES string of the molecule is COc1ccccc1NC(=O)Nc1cccc(C2C=CN=C(CCC(=O)NN3CCCC3)C2=O)c1. The minimum absolute atomic E-state index is 0.110. The van der Waals surface area contributed by atoms with E-state index < -0.39 is 11.9 Å². The number of anilines is 2. The van der Waals surface area contributed by atoms with Crippen LogP contribution in [0.3, 0.4) is 0 Å². The number of urea groups is 1. The van der Waals surface area contributed by atoms with E-state index in [0.717, 1.165) is 31.5 Å². The van der Waals surface area contributed by atoms with Crippen molar-refractivity contribution in [2.45, 2.75) is 31.6 Å². The fourth-order valence-corrected chi connectivity index (χ4v) is 4.14. The Labute approximate surface area is 204 Å². The van der Waals surface area contributed by atoms with E-state index in [4.69, 9.17) is 4.74 Å². The first-order chi connectivity index (χ1) is 17.0. The van der Waals surface area contributed by atoms with Gasteiger partial charge >= 0.3 is 6.03 Å². The van der Waals surface area contributed by atoms with E-state index in [2.05, 4.69) is 21.1 Å². The Morgan fingerprint density at radius 3 is 2.69 bits per heavy atom. The Morgan fingerprint density at radius 1 is 1.09 bits per heavy atom. The molecule has 0 aliphatic carbocycles. The van der Waals surface area contributed by atoms with E-state index >= 15 is 0 Å². The maximum Gasteiger partial charge on any atom is 0.323 e. The van der Waals surface area contributed by atoms with Crippen LogP contribution >= 0.6 is 0 Å². The van der Waals surface area contributed by atoms with Crippen LogP contribution in [0.5, 0.6) is 5.75 Å². The average Bonchev–Trinajstić information content (AvgIpc) is 3.37. The summed E-state index contributed by atoms with van der Waals surface area (Å²) in [5.74, 6) is -0.226. The van der Waals surface area contributed by atoms with Gasteiger partial charge in [0, 0.05) is 37.8 Å². The van der Waals surface area contributed by atoms with E-state index in [0.29, 0.717) is 22.8 Å². The van der Waals surface area contributed by atoms with Crippen LogP contribution in [0.1, 0.15) is 37.2 Å². The van der Waals surface area contributed by atoms with Crippen molar-refractivity contribution in [3.8, 4) is 5.75 Å². The van der Waals surface area contributed by atoms with Gasteiger partial charge in [-0.1, -0.05) is 30.3 Å². The molecule has 2 aliphatic rings. The number of ketones is 1. The second-order valence-corrected chi connectivity index (χ2v) is 8.39. The fourth-order valence-electron chi connectivity index (χ4n) is 4.14. The maximum absolute atomic E-state index is 13.1. The van der Waals surface area contributed by atoms with Gasteiger partial charge in [-0.05, 0) is 42.7 Å². The number of ether oxygens (including phenoxy) is 1. The topological polar surface area (TPSA) is 112 Å². The summed E-state index contributed by atoms with van der Waals surface area (Å²) >= 11 is 0. The summed E-state index contributed by atoms with van der Waals surface area (Å²) in [6.45, 7) is 1.72. The number of nitrogens with one attached hydrogen (secondary N) is 3. The van der Waals surface area contributed by atoms with Crippen molar-refractivity contribution < 1.29 is 19.1 Å². The van der Waals surface area contributed by atoms with E-state index in [9.17, 15) is 14.4 Å². The molecule has 1 unspecified atom stereocenters. The van der Waals surface area contributed by atoms with Crippen molar-refractivity contribution in [3.05, 3.63) is 66.4 Å². The average molecular weight is 476 g/mol. The number of carbonyl (C=O) groups is 3. The van der Waals surface area contributed by atoms with Gasteiger partial charge in [-0.2, -0.15) is 0 Å². The van der Waals surface area contributed by atoms with E-state index in [-0.39, 0.29) is 24.5 Å². The number of hydrogen-bond acceptors (Lipinski definition) is 6. The highest BCUT2D eigenvalue weighted by atomic mass is 16.5. The Bertz CT molecular complexity index is 1150. The zero-order chi connectivity index (χ0) is 24.6. The molecule has 2 aliphatic heterocycles. The van der Waals surface area contributed by atoms with Crippen LogP contribution < -0.4 is 20.8 Å². The Hall–Kier alpha value is -3.98. The van der Waals surface area contributed by atoms with E-state index in [1.54, 1.807) is 48.7 Å². The third-order valence-corrected chi connectivity index (χ3v) is 5.91. The molecule has 0 radical (unpaired) electrons. The summed E-state index contributed by atoms with van der Waals surface area (Å²) in [5.41, 5.74) is 5.08. The van der Waals surface area contributed by atoms with Gasteiger partial charge in [0.1, 0.15) is 5.75 Å². The number of hydrogen-bond donors (Lipinski definition) is 3. The lowest BCUT2D eigenvalue weighted by molar-refractivity contribution is -0.125. The summed E-state index contributed by atoms with van der Waals surface area (Å²) in [4.78, 5) is 42.1. The summed E-state index contributed by atoms with van der Waals surface area (Å²) in [7, 11) is 1.54. The minimum Gasteiger partial charge on any atom is -0.495 e. The molecule has 9 heteroatoms. The first kappa shape index (κ1) is 24.2. The molecule has 182 valence electrons. The van der Waals surface area contributed by atoms with E-state index in [1.165, 1.54) is 7.11 Å². The standard InChI is InChI=1S/C26H29N5O4/c1-35-23-10-3-2-9-21(23)29-26(34)28-19-8-6-7-18(17-19)20-13-14-27-22(25(20)33)11-12-24(32)30-31-15-4-5-16-31/h2-3,6-10,13-14,17,20H,4-5,11-12,15-16H2,1H3,(H,30,32)(H2,28,29,34). The molecule has 1 saturated heterocycles. The zero-order valence-corrected chi connectivity index (χ0v) is 19.6. The first-order valence-corrected chi connectivity index (χ1v) is 11.7. The molecule has 3 N–H and O–H groups in total. The van der Waals surface area contributed by atoms with Gasteiger partial charge in [0.05, 0.1) is 24.4 Å². The molecule has 1 atom stereocenters. The summed E-state index contributed by atoms with van der Waals surface area (Å²) in [6.07, 6.45) is 5.96. The normalized spacial score (nSPS) is 17.6. The van der Waals surface area contributed by atoms with Crippen LogP contribution in [0.2, 0.25) is 0 Å². The number of hydrazine groups is 1. The van der Waals surface area contributed by atoms with Gasteiger partial charge in [-0.3, -0.25) is 20.0 Å². The number of nitrogens with zero attached hydrogens (tertiary/aromatic N) is 2. The molecule has 0 aromatic heterocycles. The number of allylic oxidation sites excluding steroid dienone is 1. The smallest absolute Gasteiger partial charge is 0.323 e. The minimum atomic E-state index is -0.525. The molecule has 1 fully saturated rings. The van der Waals surface area contributed by atoms with E-state index in [1.807, 2.05) is 17.1 Å². The third-order valence-electron chi connectivity index (χ3n) is 5.91. The molecule has 35 heavy (non-hydrogen) atoms. The highest BCUT2D eigenvalue weighted by molar-refractivity contribution is 6.43. The zero-order valence-electron chi connectivity index (χ0n) is 19.6. The molecule has 4 rings (SSSR count). The highest BCUT2D eigenvalue weighted by Crippen LogP contribution is 2.27. The van der Waals surface area contributed by atoms with Crippen molar-refractivity contribution in [2.75, 3.05) is 30.8 Å². The Kier molecular flexibility index (Phi) is 7.89. The quantitative estimate of drug-likeness (QED) is 0.537. The summed E-state index contributed by atoms with van der Waals surface area (Å²) < 4.78 is 5.26. The van der Waals surface area contributed by atoms with Crippen molar-refractivity contribution in [1.82, 2.24) is 10.4 Å². The van der Waals surface area contributed by atoms with Gasteiger partial charge in [-0.15, -0.1) is 0 Å². The second-order valence-electron chi connectivity index (χ2n) is 8.39. The van der Waals surface area contributed by atoms with Crippen LogP contribution in [-0.4, -0.2) is 48.6 Å². The van der Waals surface area contributed by atoms with Crippen LogP contribution in [0.25, 0.3) is 0 Å². The predicted molar refractivity (Wildman–Crippen MR) is 135 cm³/mol. The van der Waals surface area contributed by atoms with Gasteiger partial charge < -0.3 is 15.4 Å². The molecular weight excluding hydrogens is 446 g/mol. The summed E-state index contributed by atoms with van der Waals surface area (Å²) in [5, 5.41) is 7.47. The van der Waals surface area contributed by atoms with Crippen LogP contribution in [0.15, 0.2) is 65.8 Å². The molecule has 2 aromatic rings. The van der Waals surface area contributed by atoms with Crippen molar-refractivity contribution in [1.29, 1.82) is 0 Å². The Balaban J connectivity index is 1.35. The molecule has 2 aromatic carbocycles. The van der Waals surface area contributed by atoms with Gasteiger partial charge in [-0.25, -0.2) is 9.80 Å². The number of amides is 3. The monoisotopic (exact) mass is 475 g/mol. The number of Topliss-reactive ketones (excluding diaryl/α,β-unsaturated/α-hetero) is 1. The largest absolute Gasteiger partial charge is 0.495 e. The molecule has 0 spiro atoms. The number of carbonyl (C=O) groups excluding carboxylic acids is 3. The Morgan fingerprint density at radius 2 is 1.89 bits per heavy atom. The lowest BCUT2D eigenvalue weighted by atomic mass is 9.89. The molecule has 0 bridgehead atoms. The van der Waals surface area contributed by atoms with Crippen LogP contribution in [-0.2, 0) is 9.59 Å². The molecule has 2 heterocycles. The fraction of sp³-hybridized carbons (Fsp3) is 0.308. The highest BCUT2D eigenvalue weighted by Gasteiger charge is 2.26. The predicted octanol–water partition coefficient (Wildman–Crippen LogP) is 3.87. The second kappa shape index (κ2) is 11.4. The lowest BCUT2D eigenvalue weighted by Crippen LogP contribution is -2.40. The molecular formula is C26H29N5O4. The van der Waals surface area contributed by atoms with Crippen molar-refractivity contribution in [3.63, 3.8) is 0 Å². The lowest BCUT2D eigenvalue weighted by Gasteiger charge is -2.19. The maximum atomic E-state index is 13.1. The number of para-hydroxylation sites is 2. The third kappa shape index (κ3) is 6.33. The number of benzene rings is 2. The number of aliphatic imine (C=N–C) groups is 1. The first-order valence-electron chi connectivity index (χ1n) is 11.7. The molecule has 0 saturated carbocycles.